The van der Waals surface area contributed by atoms with Crippen LogP contribution in [0.5, 0.6) is 0 Å². The number of aryl methyl sites for hydroxylation is 1. The van der Waals surface area contributed by atoms with Gasteiger partial charge in [-0.05, 0) is 44.7 Å². The van der Waals surface area contributed by atoms with Crippen molar-refractivity contribution in [1.82, 2.24) is 25.2 Å². The van der Waals surface area contributed by atoms with Crippen molar-refractivity contribution >= 4 is 39.6 Å². The minimum atomic E-state index is -3.72. The van der Waals surface area contributed by atoms with Crippen molar-refractivity contribution in [2.24, 2.45) is 4.99 Å². The van der Waals surface area contributed by atoms with E-state index < -0.39 is 34.1 Å². The van der Waals surface area contributed by atoms with E-state index in [0.717, 1.165) is 5.56 Å². The fraction of sp³-hybridized carbons (Fsp3) is 0.654. The van der Waals surface area contributed by atoms with Crippen molar-refractivity contribution in [1.29, 1.82) is 0 Å². The number of anilines is 1. The third-order valence-corrected chi connectivity index (χ3v) is 8.58. The molecular weight excluding hydrogens is 554 g/mol. The molecule has 1 fully saturated rings. The molecule has 0 aliphatic carbocycles. The maximum Gasteiger partial charge on any atom is 0.321 e. The van der Waals surface area contributed by atoms with Crippen LogP contribution < -0.4 is 20.7 Å². The number of aliphatic imine (C=N–C) groups is 1. The number of ether oxygens (including phenoxy) is 1. The number of aliphatic carboxylic acids is 1. The molecule has 3 amide bonds. The highest BCUT2D eigenvalue weighted by Crippen LogP contribution is 2.16. The van der Waals surface area contributed by atoms with Crippen LogP contribution in [0.15, 0.2) is 23.3 Å². The molecule has 0 bridgehead atoms. The zero-order valence-electron chi connectivity index (χ0n) is 23.8. The van der Waals surface area contributed by atoms with Crippen LogP contribution in [0.4, 0.5) is 10.6 Å². The molecule has 41 heavy (non-hydrogen) atoms. The number of pyridine rings is 1. The molecule has 5 N–H and O–H groups in total. The molecule has 3 atom stereocenters. The number of amides is 3. The van der Waals surface area contributed by atoms with E-state index in [-0.39, 0.29) is 49.2 Å². The van der Waals surface area contributed by atoms with E-state index in [4.69, 9.17) is 4.74 Å². The number of nitrogens with zero attached hydrogens (tertiary/aromatic N) is 3. The minimum Gasteiger partial charge on any atom is -0.480 e. The predicted molar refractivity (Wildman–Crippen MR) is 153 cm³/mol. The summed E-state index contributed by atoms with van der Waals surface area (Å²) in [7, 11) is -3.72. The summed E-state index contributed by atoms with van der Waals surface area (Å²) >= 11 is 0. The largest absolute Gasteiger partial charge is 0.480 e. The zero-order chi connectivity index (χ0) is 30.0. The molecule has 3 rings (SSSR count). The molecule has 14 nitrogen and oxygen atoms in total. The number of piperidine rings is 1. The average molecular weight is 596 g/mol. The molecule has 15 heteroatoms. The number of sulfonamides is 1. The first kappa shape index (κ1) is 32.2. The fourth-order valence-electron chi connectivity index (χ4n) is 4.62. The number of nitrogens with one attached hydrogen (secondary N) is 4. The molecule has 1 saturated heterocycles. The van der Waals surface area contributed by atoms with E-state index in [1.807, 2.05) is 31.7 Å². The highest BCUT2D eigenvalue weighted by Gasteiger charge is 2.31. The highest BCUT2D eigenvalue weighted by molar-refractivity contribution is 7.89. The summed E-state index contributed by atoms with van der Waals surface area (Å²) in [6, 6.07) is 1.08. The molecule has 228 valence electrons. The number of carboxylic acids is 1. The van der Waals surface area contributed by atoms with Gasteiger partial charge in [0.25, 0.3) is 0 Å². The molecule has 0 aromatic carbocycles. The van der Waals surface area contributed by atoms with Gasteiger partial charge in [0.15, 0.2) is 0 Å². The summed E-state index contributed by atoms with van der Waals surface area (Å²) in [5.74, 6) is -0.836. The molecule has 2 aliphatic heterocycles. The van der Waals surface area contributed by atoms with Gasteiger partial charge in [-0.3, -0.25) is 19.8 Å². The lowest BCUT2D eigenvalue weighted by molar-refractivity contribution is -0.139. The van der Waals surface area contributed by atoms with Gasteiger partial charge in [-0.25, -0.2) is 27.9 Å². The van der Waals surface area contributed by atoms with Crippen LogP contribution in [0.2, 0.25) is 0 Å². The highest BCUT2D eigenvalue weighted by atomic mass is 32.2. The van der Waals surface area contributed by atoms with Crippen molar-refractivity contribution in [3.63, 3.8) is 0 Å². The number of carbonyl (C=O) groups is 3. The zero-order valence-corrected chi connectivity index (χ0v) is 24.6. The monoisotopic (exact) mass is 595 g/mol. The Balaban J connectivity index is 1.40. The number of urea groups is 1. The number of carbonyl (C=O) groups excluding carboxylic acids is 2. The molecule has 1 aromatic heterocycles. The SMILES string of the molecule is CCCCS(=O)(=O)NC(CC1COC(CNC(=O)C(C)N2CCC(NC(=O)Nc3ncccc3C)CC2)=N1)C(=O)O. The Morgan fingerprint density at radius 2 is 1.98 bits per heavy atom. The Hall–Kier alpha value is -3.30. The Morgan fingerprint density at radius 1 is 1.24 bits per heavy atom. The molecule has 2 aliphatic rings. The topological polar surface area (TPSA) is 191 Å². The Bertz CT molecular complexity index is 1200. The van der Waals surface area contributed by atoms with E-state index in [9.17, 15) is 27.9 Å². The van der Waals surface area contributed by atoms with Gasteiger partial charge in [-0.1, -0.05) is 19.4 Å². The summed E-state index contributed by atoms with van der Waals surface area (Å²) in [4.78, 5) is 47.3. The van der Waals surface area contributed by atoms with E-state index >= 15 is 0 Å². The van der Waals surface area contributed by atoms with Crippen molar-refractivity contribution in [2.75, 3.05) is 37.3 Å². The van der Waals surface area contributed by atoms with Gasteiger partial charge in [0.05, 0.1) is 24.4 Å². The van der Waals surface area contributed by atoms with Crippen LogP contribution in [-0.4, -0.2) is 103 Å². The first-order valence-electron chi connectivity index (χ1n) is 13.9. The fourth-order valence-corrected chi connectivity index (χ4v) is 6.04. The second-order valence-corrected chi connectivity index (χ2v) is 12.2. The normalized spacial score (nSPS) is 19.5. The van der Waals surface area contributed by atoms with E-state index in [0.29, 0.717) is 44.6 Å². The molecule has 3 unspecified atom stereocenters. The Labute approximate surface area is 240 Å². The van der Waals surface area contributed by atoms with Crippen LogP contribution >= 0.6 is 0 Å². The van der Waals surface area contributed by atoms with Gasteiger partial charge in [-0.2, -0.15) is 0 Å². The van der Waals surface area contributed by atoms with Crippen LogP contribution in [0, 0.1) is 6.92 Å². The summed E-state index contributed by atoms with van der Waals surface area (Å²) in [6.07, 6.45) is 4.06. The number of carboxylic acid groups (broad SMARTS) is 1. The summed E-state index contributed by atoms with van der Waals surface area (Å²) in [5, 5.41) is 18.0. The number of likely N-dealkylation sites (tertiary alicyclic amines) is 1. The van der Waals surface area contributed by atoms with Crippen molar-refractivity contribution < 1.29 is 32.6 Å². The number of unbranched alkanes of at least 4 members (excludes halogenated alkanes) is 1. The van der Waals surface area contributed by atoms with Crippen molar-refractivity contribution in [3.8, 4) is 0 Å². The lowest BCUT2D eigenvalue weighted by Gasteiger charge is -2.35. The summed E-state index contributed by atoms with van der Waals surface area (Å²) < 4.78 is 32.0. The number of rotatable bonds is 14. The second-order valence-electron chi connectivity index (χ2n) is 10.4. The van der Waals surface area contributed by atoms with Gasteiger partial charge >= 0.3 is 12.0 Å². The third-order valence-electron chi connectivity index (χ3n) is 7.11. The Kier molecular flexibility index (Phi) is 11.8. The molecule has 0 radical (unpaired) electrons. The third kappa shape index (κ3) is 10.2. The van der Waals surface area contributed by atoms with E-state index in [1.165, 1.54) is 0 Å². The standard InChI is InChI=1S/C26H41N7O7S/c1-4-5-13-41(38,39)32-21(25(35)36)14-20-16-40-22(29-20)15-28-24(34)18(3)33-11-8-19(9-12-33)30-26(37)31-23-17(2)7-6-10-27-23/h6-7,10,18-21,32H,4-5,8-9,11-16H2,1-3H3,(H,28,34)(H,35,36)(H2,27,30,31,37). The molecule has 0 saturated carbocycles. The molecular formula is C26H41N7O7S. The second kappa shape index (κ2) is 15.1. The lowest BCUT2D eigenvalue weighted by Crippen LogP contribution is -2.52. The number of hydrogen-bond acceptors (Lipinski definition) is 9. The Morgan fingerprint density at radius 3 is 2.63 bits per heavy atom. The van der Waals surface area contributed by atoms with Gasteiger partial charge in [0, 0.05) is 31.7 Å². The first-order valence-corrected chi connectivity index (χ1v) is 15.6. The van der Waals surface area contributed by atoms with Gasteiger partial charge in [-0.15, -0.1) is 0 Å². The first-order chi connectivity index (χ1) is 19.5. The summed E-state index contributed by atoms with van der Waals surface area (Å²) in [5.41, 5.74) is 0.872. The van der Waals surface area contributed by atoms with Crippen molar-refractivity contribution in [2.45, 2.75) is 77.0 Å². The van der Waals surface area contributed by atoms with Crippen molar-refractivity contribution in [3.05, 3.63) is 23.9 Å². The van der Waals surface area contributed by atoms with E-state index in [1.54, 1.807) is 12.3 Å². The average Bonchev–Trinajstić information content (AvgIpc) is 3.38. The molecule has 1 aromatic rings. The molecule has 3 heterocycles. The minimum absolute atomic E-state index is 0.0190. The summed E-state index contributed by atoms with van der Waals surface area (Å²) in [6.45, 7) is 6.94. The van der Waals surface area contributed by atoms with Gasteiger partial charge in [0.2, 0.25) is 21.8 Å². The molecule has 0 spiro atoms. The van der Waals surface area contributed by atoms with Crippen LogP contribution in [0.1, 0.15) is 51.5 Å². The van der Waals surface area contributed by atoms with Crippen LogP contribution in [-0.2, 0) is 24.3 Å². The maximum atomic E-state index is 12.8. The van der Waals surface area contributed by atoms with E-state index in [2.05, 4.69) is 30.6 Å². The van der Waals surface area contributed by atoms with Gasteiger partial charge < -0.3 is 20.5 Å². The lowest BCUT2D eigenvalue weighted by atomic mass is 10.0. The number of aromatic nitrogens is 1. The van der Waals surface area contributed by atoms with Crippen LogP contribution in [0.3, 0.4) is 0 Å². The quantitative estimate of drug-likeness (QED) is 0.207. The smallest absolute Gasteiger partial charge is 0.321 e. The predicted octanol–water partition coefficient (Wildman–Crippen LogP) is 0.841. The maximum absolute atomic E-state index is 12.8. The van der Waals surface area contributed by atoms with Crippen LogP contribution in [0.25, 0.3) is 0 Å². The number of hydrogen-bond donors (Lipinski definition) is 5. The van der Waals surface area contributed by atoms with Gasteiger partial charge in [0.1, 0.15) is 18.5 Å².